The second kappa shape index (κ2) is 11.1. The molecule has 0 saturated heterocycles. The highest BCUT2D eigenvalue weighted by Crippen LogP contribution is 2.37. The number of benzene rings is 2. The molecule has 3 aromatic rings. The molecule has 1 unspecified atom stereocenters. The second-order valence-electron chi connectivity index (χ2n) is 8.34. The van der Waals surface area contributed by atoms with Gasteiger partial charge in [-0.05, 0) is 37.4 Å². The van der Waals surface area contributed by atoms with Gasteiger partial charge >= 0.3 is 5.97 Å². The summed E-state index contributed by atoms with van der Waals surface area (Å²) in [4.78, 5) is 36.9. The number of fused-ring (bicyclic) bond motifs is 1. The molecule has 0 fully saturated rings. The van der Waals surface area contributed by atoms with Crippen LogP contribution in [0, 0.1) is 5.82 Å². The first-order chi connectivity index (χ1) is 16.7. The maximum absolute atomic E-state index is 14.0. The molecule has 0 radical (unpaired) electrons. The Labute approximate surface area is 202 Å². The normalized spacial score (nSPS) is 12.3. The van der Waals surface area contributed by atoms with Gasteiger partial charge in [0, 0.05) is 35.0 Å². The van der Waals surface area contributed by atoms with E-state index in [0.717, 1.165) is 0 Å². The van der Waals surface area contributed by atoms with Gasteiger partial charge in [-0.25, -0.2) is 4.39 Å². The van der Waals surface area contributed by atoms with Gasteiger partial charge in [-0.3, -0.25) is 14.4 Å². The minimum Gasteiger partial charge on any atom is -0.496 e. The number of esters is 1. The number of rotatable bonds is 9. The van der Waals surface area contributed by atoms with Crippen molar-refractivity contribution >= 4 is 28.6 Å². The van der Waals surface area contributed by atoms with Crippen LogP contribution >= 0.6 is 0 Å². The number of carbonyl (C=O) groups excluding carboxylic acids is 2. The molecular weight excluding hydrogens is 453 g/mol. The predicted octanol–water partition coefficient (Wildman–Crippen LogP) is 4.29. The molecule has 2 aromatic carbocycles. The number of hydrogen-bond donors (Lipinski definition) is 1. The Morgan fingerprint density at radius 1 is 1.11 bits per heavy atom. The van der Waals surface area contributed by atoms with Crippen LogP contribution in [0.2, 0.25) is 0 Å². The first-order valence-corrected chi connectivity index (χ1v) is 11.1. The second-order valence-corrected chi connectivity index (χ2v) is 8.34. The molecule has 0 bridgehead atoms. The van der Waals surface area contributed by atoms with E-state index in [1.54, 1.807) is 41.0 Å². The van der Waals surface area contributed by atoms with Crippen LogP contribution in [0.3, 0.4) is 0 Å². The van der Waals surface area contributed by atoms with Crippen LogP contribution in [-0.2, 0) is 14.3 Å². The molecule has 0 aliphatic carbocycles. The van der Waals surface area contributed by atoms with Gasteiger partial charge in [0.15, 0.2) is 0 Å². The van der Waals surface area contributed by atoms with E-state index < -0.39 is 30.1 Å². The summed E-state index contributed by atoms with van der Waals surface area (Å²) in [7, 11) is 2.61. The predicted molar refractivity (Wildman–Crippen MR) is 132 cm³/mol. The van der Waals surface area contributed by atoms with Crippen molar-refractivity contribution in [3.05, 3.63) is 70.3 Å². The van der Waals surface area contributed by atoms with Crippen LogP contribution in [0.5, 0.6) is 5.75 Å². The van der Waals surface area contributed by atoms with Crippen LogP contribution in [0.25, 0.3) is 28.1 Å². The Bertz CT molecular complexity index is 1340. The Kier molecular flexibility index (Phi) is 8.19. The highest BCUT2D eigenvalue weighted by molar-refractivity contribution is 5.97. The summed E-state index contributed by atoms with van der Waals surface area (Å²) in [6.45, 7) is 3.73. The van der Waals surface area contributed by atoms with E-state index >= 15 is 0 Å². The van der Waals surface area contributed by atoms with Crippen LogP contribution in [-0.4, -0.2) is 41.7 Å². The highest BCUT2D eigenvalue weighted by Gasteiger charge is 2.22. The van der Waals surface area contributed by atoms with Gasteiger partial charge in [-0.2, -0.15) is 0 Å². The lowest BCUT2D eigenvalue weighted by Gasteiger charge is -2.22. The summed E-state index contributed by atoms with van der Waals surface area (Å²) in [6.07, 6.45) is 1.19. The Balaban J connectivity index is 2.23. The maximum atomic E-state index is 14.0. The van der Waals surface area contributed by atoms with Gasteiger partial charge in [0.2, 0.25) is 0 Å². The van der Waals surface area contributed by atoms with Crippen LogP contribution in [0.15, 0.2) is 53.3 Å². The number of aromatic nitrogens is 1. The Hall–Kier alpha value is -3.78. The number of methoxy groups -OCH3 is 2. The van der Waals surface area contributed by atoms with E-state index in [2.05, 4.69) is 4.74 Å². The lowest BCUT2D eigenvalue weighted by atomic mass is 9.96. The largest absolute Gasteiger partial charge is 0.496 e. The molecule has 0 aliphatic rings. The summed E-state index contributed by atoms with van der Waals surface area (Å²) in [6, 6.07) is 10.9. The quantitative estimate of drug-likeness (QED) is 0.362. The van der Waals surface area contributed by atoms with Crippen molar-refractivity contribution in [2.75, 3.05) is 14.2 Å². The molecule has 7 nitrogen and oxygen atoms in total. The number of pyridine rings is 1. The molecule has 1 atom stereocenters. The van der Waals surface area contributed by atoms with E-state index in [1.165, 1.54) is 32.4 Å². The van der Waals surface area contributed by atoms with Crippen molar-refractivity contribution in [2.24, 2.45) is 0 Å². The average molecular weight is 482 g/mol. The third-order valence-electron chi connectivity index (χ3n) is 5.59. The molecule has 0 aliphatic heterocycles. The van der Waals surface area contributed by atoms with E-state index in [0.29, 0.717) is 27.6 Å². The standard InChI is InChI=1S/C27H28FNO6/c1-16(2)29-26(23-11-9-17(28)13-24(23)34-3)21(20-7-5-6-8-22(20)27(29)33)12-10-18(30)14-19(31)15-25(32)35-4/h5-13,16,18,30H,14-15H2,1-4H3. The summed E-state index contributed by atoms with van der Waals surface area (Å²) in [5.41, 5.74) is 1.37. The van der Waals surface area contributed by atoms with E-state index in [4.69, 9.17) is 4.74 Å². The van der Waals surface area contributed by atoms with Crippen molar-refractivity contribution in [3.63, 3.8) is 0 Å². The number of halogens is 1. The lowest BCUT2D eigenvalue weighted by molar-refractivity contribution is -0.143. The third kappa shape index (κ3) is 5.66. The van der Waals surface area contributed by atoms with Gasteiger partial charge in [-0.15, -0.1) is 0 Å². The van der Waals surface area contributed by atoms with Gasteiger partial charge in [0.25, 0.3) is 5.56 Å². The fourth-order valence-electron chi connectivity index (χ4n) is 4.00. The zero-order chi connectivity index (χ0) is 25.7. The molecule has 1 aromatic heterocycles. The average Bonchev–Trinajstić information content (AvgIpc) is 2.82. The molecule has 0 saturated carbocycles. The Morgan fingerprint density at radius 3 is 2.43 bits per heavy atom. The number of ketones is 1. The zero-order valence-electron chi connectivity index (χ0n) is 20.1. The fraction of sp³-hybridized carbons (Fsp3) is 0.296. The van der Waals surface area contributed by atoms with Crippen molar-refractivity contribution in [2.45, 2.75) is 38.8 Å². The zero-order valence-corrected chi connectivity index (χ0v) is 20.1. The maximum Gasteiger partial charge on any atom is 0.313 e. The number of nitrogens with zero attached hydrogens (tertiary/aromatic N) is 1. The minimum absolute atomic E-state index is 0.220. The van der Waals surface area contributed by atoms with Crippen molar-refractivity contribution in [1.29, 1.82) is 0 Å². The number of Topliss-reactive ketones (excluding diaryl/α,β-unsaturated/α-hetero) is 1. The monoisotopic (exact) mass is 481 g/mol. The number of hydrogen-bond acceptors (Lipinski definition) is 6. The number of aliphatic hydroxyl groups excluding tert-OH is 1. The highest BCUT2D eigenvalue weighted by atomic mass is 19.1. The molecule has 8 heteroatoms. The molecule has 184 valence electrons. The van der Waals surface area contributed by atoms with E-state index in [9.17, 15) is 23.9 Å². The SMILES string of the molecule is COC(=O)CC(=O)CC(O)C=Cc1c(-c2ccc(F)cc2OC)n(C(C)C)c(=O)c2ccccc12. The molecule has 0 amide bonds. The minimum atomic E-state index is -1.17. The molecular formula is C27H28FNO6. The van der Waals surface area contributed by atoms with E-state index in [-0.39, 0.29) is 23.8 Å². The molecule has 0 spiro atoms. The summed E-state index contributed by atoms with van der Waals surface area (Å²) in [5.74, 6) is -1.38. The van der Waals surface area contributed by atoms with Crippen LogP contribution in [0.4, 0.5) is 4.39 Å². The van der Waals surface area contributed by atoms with Crippen LogP contribution in [0.1, 0.15) is 38.3 Å². The topological polar surface area (TPSA) is 94.8 Å². The molecule has 35 heavy (non-hydrogen) atoms. The molecule has 1 N–H and O–H groups in total. The summed E-state index contributed by atoms with van der Waals surface area (Å²) < 4.78 is 25.5. The number of carbonyl (C=O) groups is 2. The lowest BCUT2D eigenvalue weighted by Crippen LogP contribution is -2.25. The van der Waals surface area contributed by atoms with Crippen molar-refractivity contribution < 1.29 is 28.6 Å². The summed E-state index contributed by atoms with van der Waals surface area (Å²) in [5, 5.41) is 11.6. The number of ether oxygens (including phenoxy) is 2. The van der Waals surface area contributed by atoms with Crippen LogP contribution < -0.4 is 10.3 Å². The van der Waals surface area contributed by atoms with Crippen molar-refractivity contribution in [3.8, 4) is 17.0 Å². The van der Waals surface area contributed by atoms with E-state index in [1.807, 2.05) is 13.8 Å². The Morgan fingerprint density at radius 2 is 1.80 bits per heavy atom. The smallest absolute Gasteiger partial charge is 0.313 e. The summed E-state index contributed by atoms with van der Waals surface area (Å²) >= 11 is 0. The third-order valence-corrected chi connectivity index (χ3v) is 5.59. The molecule has 3 rings (SSSR count). The van der Waals surface area contributed by atoms with Gasteiger partial charge in [0.05, 0.1) is 26.0 Å². The number of aliphatic hydroxyl groups is 1. The van der Waals surface area contributed by atoms with Gasteiger partial charge < -0.3 is 19.1 Å². The van der Waals surface area contributed by atoms with Gasteiger partial charge in [-0.1, -0.05) is 30.4 Å². The van der Waals surface area contributed by atoms with Gasteiger partial charge in [0.1, 0.15) is 23.8 Å². The molecule has 1 heterocycles. The fourth-order valence-corrected chi connectivity index (χ4v) is 4.00. The van der Waals surface area contributed by atoms with Crippen molar-refractivity contribution in [1.82, 2.24) is 4.57 Å². The first kappa shape index (κ1) is 25.8. The first-order valence-electron chi connectivity index (χ1n) is 11.1.